The van der Waals surface area contributed by atoms with Crippen LogP contribution in [-0.2, 0) is 0 Å². The largest absolute Gasteiger partial charge is 0.493 e. The van der Waals surface area contributed by atoms with Crippen LogP contribution >= 0.6 is 11.6 Å². The maximum absolute atomic E-state index is 6.32. The van der Waals surface area contributed by atoms with Gasteiger partial charge in [0, 0.05) is 6.07 Å². The van der Waals surface area contributed by atoms with Crippen LogP contribution in [0, 0.1) is 0 Å². The van der Waals surface area contributed by atoms with Crippen LogP contribution in [0.1, 0.15) is 25.7 Å². The smallest absolute Gasteiger partial charge is 0.174 e. The van der Waals surface area contributed by atoms with E-state index in [0.717, 1.165) is 12.8 Å². The highest BCUT2D eigenvalue weighted by molar-refractivity contribution is 6.33. The molecule has 0 saturated heterocycles. The van der Waals surface area contributed by atoms with Crippen LogP contribution in [0.5, 0.6) is 11.5 Å². The molecule has 1 saturated carbocycles. The fourth-order valence-electron chi connectivity index (χ4n) is 2.63. The Balaban J connectivity index is 2.07. The van der Waals surface area contributed by atoms with Gasteiger partial charge in [0.25, 0.3) is 0 Å². The molecule has 1 aliphatic carbocycles. The number of rotatable bonds is 4. The number of benzene rings is 1. The second-order valence-corrected chi connectivity index (χ2v) is 5.50. The van der Waals surface area contributed by atoms with Gasteiger partial charge < -0.3 is 19.7 Å². The molecule has 0 radical (unpaired) electrons. The summed E-state index contributed by atoms with van der Waals surface area (Å²) in [6.45, 7) is 0. The van der Waals surface area contributed by atoms with Crippen LogP contribution in [0.4, 0.5) is 5.82 Å². The standard InChI is InChI=1S/C15H17ClN2O3/c1-19-11-7-6-10(16)14(12-8-13(17)18-21-12)15(11)20-9-4-2-3-5-9/h6-9H,2-5H2,1H3,(H2,17,18). The molecule has 0 atom stereocenters. The van der Waals surface area contributed by atoms with Gasteiger partial charge in [0.2, 0.25) is 0 Å². The van der Waals surface area contributed by atoms with E-state index in [9.17, 15) is 0 Å². The van der Waals surface area contributed by atoms with Crippen LogP contribution in [0.25, 0.3) is 11.3 Å². The summed E-state index contributed by atoms with van der Waals surface area (Å²) < 4.78 is 16.8. The van der Waals surface area contributed by atoms with Gasteiger partial charge in [0.15, 0.2) is 23.1 Å². The van der Waals surface area contributed by atoms with Gasteiger partial charge in [0.1, 0.15) is 0 Å². The summed E-state index contributed by atoms with van der Waals surface area (Å²) in [7, 11) is 1.60. The maximum atomic E-state index is 6.32. The van der Waals surface area contributed by atoms with Crippen LogP contribution in [0.3, 0.4) is 0 Å². The quantitative estimate of drug-likeness (QED) is 0.927. The molecule has 3 rings (SSSR count). The summed E-state index contributed by atoms with van der Waals surface area (Å²) in [6, 6.07) is 5.16. The van der Waals surface area contributed by atoms with Gasteiger partial charge >= 0.3 is 0 Å². The van der Waals surface area contributed by atoms with E-state index in [1.54, 1.807) is 25.3 Å². The molecule has 0 unspecified atom stereocenters. The molecule has 21 heavy (non-hydrogen) atoms. The van der Waals surface area contributed by atoms with E-state index in [4.69, 9.17) is 31.3 Å². The molecule has 0 amide bonds. The van der Waals surface area contributed by atoms with Gasteiger partial charge in [-0.15, -0.1) is 0 Å². The highest BCUT2D eigenvalue weighted by Gasteiger charge is 2.24. The van der Waals surface area contributed by atoms with E-state index in [0.29, 0.717) is 33.7 Å². The summed E-state index contributed by atoms with van der Waals surface area (Å²) in [6.07, 6.45) is 4.61. The third-order valence-electron chi connectivity index (χ3n) is 3.65. The number of nitrogens with two attached hydrogens (primary N) is 1. The van der Waals surface area contributed by atoms with Gasteiger partial charge in [-0.05, 0) is 37.8 Å². The minimum Gasteiger partial charge on any atom is -0.493 e. The molecule has 1 aromatic heterocycles. The maximum Gasteiger partial charge on any atom is 0.174 e. The van der Waals surface area contributed by atoms with E-state index < -0.39 is 0 Å². The molecule has 2 aromatic rings. The summed E-state index contributed by atoms with van der Waals surface area (Å²) in [5.41, 5.74) is 6.26. The van der Waals surface area contributed by atoms with Crippen LogP contribution in [-0.4, -0.2) is 18.4 Å². The highest BCUT2D eigenvalue weighted by Crippen LogP contribution is 2.44. The third kappa shape index (κ3) is 2.78. The molecular weight excluding hydrogens is 292 g/mol. The molecule has 1 aliphatic rings. The number of nitrogen functional groups attached to an aromatic ring is 1. The predicted molar refractivity (Wildman–Crippen MR) is 80.8 cm³/mol. The number of ether oxygens (including phenoxy) is 2. The Labute approximate surface area is 128 Å². The highest BCUT2D eigenvalue weighted by atomic mass is 35.5. The van der Waals surface area contributed by atoms with E-state index in [-0.39, 0.29) is 6.10 Å². The van der Waals surface area contributed by atoms with Crippen LogP contribution in [0.2, 0.25) is 5.02 Å². The lowest BCUT2D eigenvalue weighted by molar-refractivity contribution is 0.201. The number of nitrogens with zero attached hydrogens (tertiary/aromatic N) is 1. The normalized spacial score (nSPS) is 15.3. The topological polar surface area (TPSA) is 70.5 Å². The number of anilines is 1. The first-order valence-electron chi connectivity index (χ1n) is 6.94. The van der Waals surface area contributed by atoms with Gasteiger partial charge in [-0.2, -0.15) is 0 Å². The Morgan fingerprint density at radius 1 is 1.33 bits per heavy atom. The average Bonchev–Trinajstić information content (AvgIpc) is 3.11. The Hall–Kier alpha value is -1.88. The first-order valence-corrected chi connectivity index (χ1v) is 7.32. The third-order valence-corrected chi connectivity index (χ3v) is 3.97. The zero-order valence-corrected chi connectivity index (χ0v) is 12.5. The number of hydrogen-bond acceptors (Lipinski definition) is 5. The summed E-state index contributed by atoms with van der Waals surface area (Å²) in [5.74, 6) is 1.99. The van der Waals surface area contributed by atoms with Crippen molar-refractivity contribution in [2.45, 2.75) is 31.8 Å². The monoisotopic (exact) mass is 308 g/mol. The summed E-state index contributed by atoms with van der Waals surface area (Å²) >= 11 is 6.32. The lowest BCUT2D eigenvalue weighted by Gasteiger charge is -2.19. The Morgan fingerprint density at radius 3 is 2.71 bits per heavy atom. The molecule has 2 N–H and O–H groups in total. The van der Waals surface area contributed by atoms with Crippen molar-refractivity contribution in [2.24, 2.45) is 0 Å². The fourth-order valence-corrected chi connectivity index (χ4v) is 2.87. The Bertz CT molecular complexity index is 636. The molecule has 0 aliphatic heterocycles. The molecular formula is C15H17ClN2O3. The number of hydrogen-bond donors (Lipinski definition) is 1. The molecule has 1 aromatic carbocycles. The van der Waals surface area contributed by atoms with Crippen molar-refractivity contribution in [1.82, 2.24) is 5.16 Å². The summed E-state index contributed by atoms with van der Waals surface area (Å²) in [5, 5.41) is 4.22. The SMILES string of the molecule is COc1ccc(Cl)c(-c2cc(N)no2)c1OC1CCCC1. The van der Waals surface area contributed by atoms with Crippen molar-refractivity contribution in [3.05, 3.63) is 23.2 Å². The van der Waals surface area contributed by atoms with Crippen molar-refractivity contribution in [3.8, 4) is 22.8 Å². The van der Waals surface area contributed by atoms with Crippen molar-refractivity contribution >= 4 is 17.4 Å². The van der Waals surface area contributed by atoms with Crippen LogP contribution < -0.4 is 15.2 Å². The molecule has 1 fully saturated rings. The first kappa shape index (κ1) is 14.1. The molecule has 5 nitrogen and oxygen atoms in total. The molecule has 0 spiro atoms. The minimum atomic E-state index is 0.177. The van der Waals surface area contributed by atoms with Crippen molar-refractivity contribution in [2.75, 3.05) is 12.8 Å². The van der Waals surface area contributed by atoms with Gasteiger partial charge in [-0.1, -0.05) is 16.8 Å². The molecule has 0 bridgehead atoms. The second kappa shape index (κ2) is 5.85. The van der Waals surface area contributed by atoms with Crippen molar-refractivity contribution in [3.63, 3.8) is 0 Å². The van der Waals surface area contributed by atoms with Gasteiger partial charge in [-0.25, -0.2) is 0 Å². The lowest BCUT2D eigenvalue weighted by atomic mass is 10.1. The molecule has 1 heterocycles. The number of aromatic nitrogens is 1. The number of methoxy groups -OCH3 is 1. The predicted octanol–water partition coefficient (Wildman–Crippen LogP) is 3.91. The number of halogens is 1. The van der Waals surface area contributed by atoms with E-state index >= 15 is 0 Å². The Morgan fingerprint density at radius 2 is 2.10 bits per heavy atom. The Kier molecular flexibility index (Phi) is 3.92. The average molecular weight is 309 g/mol. The van der Waals surface area contributed by atoms with E-state index in [1.807, 2.05) is 0 Å². The van der Waals surface area contributed by atoms with Crippen molar-refractivity contribution < 1.29 is 14.0 Å². The minimum absolute atomic E-state index is 0.177. The first-order chi connectivity index (χ1) is 10.2. The van der Waals surface area contributed by atoms with E-state index in [2.05, 4.69) is 5.16 Å². The fraction of sp³-hybridized carbons (Fsp3) is 0.400. The molecule has 6 heteroatoms. The van der Waals surface area contributed by atoms with Gasteiger partial charge in [0.05, 0.1) is 23.8 Å². The zero-order valence-electron chi connectivity index (χ0n) is 11.8. The molecule has 112 valence electrons. The van der Waals surface area contributed by atoms with E-state index in [1.165, 1.54) is 12.8 Å². The van der Waals surface area contributed by atoms with Crippen LogP contribution in [0.15, 0.2) is 22.7 Å². The second-order valence-electron chi connectivity index (χ2n) is 5.09. The lowest BCUT2D eigenvalue weighted by Crippen LogP contribution is -2.12. The van der Waals surface area contributed by atoms with Gasteiger partial charge in [-0.3, -0.25) is 0 Å². The summed E-state index contributed by atoms with van der Waals surface area (Å²) in [4.78, 5) is 0. The zero-order chi connectivity index (χ0) is 14.8. The van der Waals surface area contributed by atoms with Crippen molar-refractivity contribution in [1.29, 1.82) is 0 Å².